The smallest absolute Gasteiger partial charge is 0.0233 e. The maximum Gasteiger partial charge on any atom is 0.0233 e. The second-order valence-corrected chi connectivity index (χ2v) is 6.62. The molecule has 1 aromatic rings. The molecule has 1 unspecified atom stereocenters. The molecule has 1 aromatic carbocycles. The number of hydrogen-bond acceptors (Lipinski definition) is 2. The van der Waals surface area contributed by atoms with Crippen LogP contribution in [-0.4, -0.2) is 30.6 Å². The van der Waals surface area contributed by atoms with Crippen molar-refractivity contribution in [3.8, 4) is 0 Å². The Morgan fingerprint density at radius 3 is 2.60 bits per heavy atom. The molecule has 0 spiro atoms. The first kappa shape index (κ1) is 14.1. The molecule has 0 radical (unpaired) electrons. The lowest BCUT2D eigenvalue weighted by atomic mass is 9.97. The highest BCUT2D eigenvalue weighted by atomic mass is 15.1. The molecule has 0 amide bonds. The molecule has 1 N–H and O–H groups in total. The van der Waals surface area contributed by atoms with Crippen LogP contribution in [0.25, 0.3) is 0 Å². The first-order chi connectivity index (χ1) is 9.90. The van der Waals surface area contributed by atoms with Crippen molar-refractivity contribution in [2.75, 3.05) is 19.6 Å². The Morgan fingerprint density at radius 1 is 1.00 bits per heavy atom. The molecule has 1 saturated heterocycles. The van der Waals surface area contributed by atoms with Crippen LogP contribution in [-0.2, 0) is 6.54 Å². The van der Waals surface area contributed by atoms with Gasteiger partial charge in [0.2, 0.25) is 0 Å². The number of benzene rings is 1. The molecular weight excluding hydrogens is 244 g/mol. The molecule has 1 atom stereocenters. The summed E-state index contributed by atoms with van der Waals surface area (Å²) in [7, 11) is 0. The normalized spacial score (nSPS) is 25.1. The molecule has 0 bridgehead atoms. The molecule has 0 aromatic heterocycles. The van der Waals surface area contributed by atoms with Gasteiger partial charge >= 0.3 is 0 Å². The van der Waals surface area contributed by atoms with Gasteiger partial charge < -0.3 is 5.32 Å². The summed E-state index contributed by atoms with van der Waals surface area (Å²) in [6, 6.07) is 11.7. The molecule has 1 aliphatic heterocycles. The molecule has 1 heterocycles. The molecule has 1 saturated carbocycles. The lowest BCUT2D eigenvalue weighted by molar-refractivity contribution is 0.163. The van der Waals surface area contributed by atoms with Gasteiger partial charge in [-0.3, -0.25) is 4.90 Å². The van der Waals surface area contributed by atoms with E-state index >= 15 is 0 Å². The zero-order valence-corrected chi connectivity index (χ0v) is 12.6. The van der Waals surface area contributed by atoms with Crippen molar-refractivity contribution in [3.05, 3.63) is 35.9 Å². The molecule has 3 rings (SSSR count). The summed E-state index contributed by atoms with van der Waals surface area (Å²) in [5.41, 5.74) is 1.46. The van der Waals surface area contributed by atoms with Crippen molar-refractivity contribution >= 4 is 0 Å². The van der Waals surface area contributed by atoms with Gasteiger partial charge in [-0.2, -0.15) is 0 Å². The number of nitrogens with one attached hydrogen (secondary N) is 1. The Labute approximate surface area is 123 Å². The number of nitrogens with zero attached hydrogens (tertiary/aromatic N) is 1. The zero-order chi connectivity index (χ0) is 13.6. The SMILES string of the molecule is c1ccc(CN2CCCC(CNC3CCCC3)C2)cc1. The van der Waals surface area contributed by atoms with Crippen molar-refractivity contribution in [1.82, 2.24) is 10.2 Å². The van der Waals surface area contributed by atoms with E-state index in [0.29, 0.717) is 0 Å². The Balaban J connectivity index is 1.44. The molecule has 1 aliphatic carbocycles. The summed E-state index contributed by atoms with van der Waals surface area (Å²) in [6.45, 7) is 4.90. The van der Waals surface area contributed by atoms with E-state index in [1.165, 1.54) is 63.7 Å². The van der Waals surface area contributed by atoms with E-state index in [1.807, 2.05) is 0 Å². The summed E-state index contributed by atoms with van der Waals surface area (Å²) in [4.78, 5) is 2.64. The van der Waals surface area contributed by atoms with Gasteiger partial charge in [0.25, 0.3) is 0 Å². The minimum atomic E-state index is 0.819. The first-order valence-corrected chi connectivity index (χ1v) is 8.40. The van der Waals surface area contributed by atoms with Crippen molar-refractivity contribution in [3.63, 3.8) is 0 Å². The third kappa shape index (κ3) is 4.07. The molecule has 110 valence electrons. The molecule has 2 aliphatic rings. The predicted octanol–water partition coefficient (Wildman–Crippen LogP) is 3.43. The number of piperidine rings is 1. The Bertz CT molecular complexity index is 384. The lowest BCUT2D eigenvalue weighted by Crippen LogP contribution is -2.41. The summed E-state index contributed by atoms with van der Waals surface area (Å²) in [5.74, 6) is 0.855. The van der Waals surface area contributed by atoms with E-state index < -0.39 is 0 Å². The van der Waals surface area contributed by atoms with Crippen molar-refractivity contribution in [2.24, 2.45) is 5.92 Å². The van der Waals surface area contributed by atoms with Crippen molar-refractivity contribution in [2.45, 2.75) is 51.1 Å². The maximum atomic E-state index is 3.81. The molecule has 20 heavy (non-hydrogen) atoms. The topological polar surface area (TPSA) is 15.3 Å². The monoisotopic (exact) mass is 272 g/mol. The second kappa shape index (κ2) is 7.24. The number of rotatable bonds is 5. The Hall–Kier alpha value is -0.860. The molecule has 2 nitrogen and oxygen atoms in total. The van der Waals surface area contributed by atoms with Gasteiger partial charge in [-0.15, -0.1) is 0 Å². The fourth-order valence-electron chi connectivity index (χ4n) is 3.77. The van der Waals surface area contributed by atoms with Gasteiger partial charge in [-0.1, -0.05) is 43.2 Å². The van der Waals surface area contributed by atoms with Crippen LogP contribution in [0.15, 0.2) is 30.3 Å². The van der Waals surface area contributed by atoms with E-state index in [4.69, 9.17) is 0 Å². The van der Waals surface area contributed by atoms with E-state index in [0.717, 1.165) is 18.5 Å². The van der Waals surface area contributed by atoms with Crippen LogP contribution in [0.3, 0.4) is 0 Å². The molecule has 2 heteroatoms. The van der Waals surface area contributed by atoms with Gasteiger partial charge in [0, 0.05) is 19.1 Å². The van der Waals surface area contributed by atoms with Gasteiger partial charge in [0.15, 0.2) is 0 Å². The standard InChI is InChI=1S/C18H28N2/c1-2-7-16(8-3-1)14-20-12-6-9-17(15-20)13-19-18-10-4-5-11-18/h1-3,7-8,17-19H,4-6,9-15H2. The third-order valence-electron chi connectivity index (χ3n) is 4.90. The first-order valence-electron chi connectivity index (χ1n) is 8.40. The summed E-state index contributed by atoms with van der Waals surface area (Å²) >= 11 is 0. The maximum absolute atomic E-state index is 3.81. The highest BCUT2D eigenvalue weighted by molar-refractivity contribution is 5.14. The zero-order valence-electron chi connectivity index (χ0n) is 12.6. The van der Waals surface area contributed by atoms with Crippen LogP contribution in [0.1, 0.15) is 44.1 Å². The van der Waals surface area contributed by atoms with Crippen molar-refractivity contribution in [1.29, 1.82) is 0 Å². The number of likely N-dealkylation sites (tertiary alicyclic amines) is 1. The molecule has 2 fully saturated rings. The van der Waals surface area contributed by atoms with Gasteiger partial charge in [0.1, 0.15) is 0 Å². The van der Waals surface area contributed by atoms with Crippen LogP contribution >= 0.6 is 0 Å². The lowest BCUT2D eigenvalue weighted by Gasteiger charge is -2.33. The molecular formula is C18H28N2. The summed E-state index contributed by atoms with van der Waals surface area (Å²) < 4.78 is 0. The van der Waals surface area contributed by atoms with Crippen molar-refractivity contribution < 1.29 is 0 Å². The van der Waals surface area contributed by atoms with E-state index in [-0.39, 0.29) is 0 Å². The fourth-order valence-corrected chi connectivity index (χ4v) is 3.77. The highest BCUT2D eigenvalue weighted by Gasteiger charge is 2.21. The van der Waals surface area contributed by atoms with Gasteiger partial charge in [-0.25, -0.2) is 0 Å². The van der Waals surface area contributed by atoms with Crippen LogP contribution in [0.2, 0.25) is 0 Å². The van der Waals surface area contributed by atoms with Crippen LogP contribution in [0.4, 0.5) is 0 Å². The highest BCUT2D eigenvalue weighted by Crippen LogP contribution is 2.21. The van der Waals surface area contributed by atoms with E-state index in [1.54, 1.807) is 0 Å². The largest absolute Gasteiger partial charge is 0.314 e. The predicted molar refractivity (Wildman–Crippen MR) is 84.7 cm³/mol. The average molecular weight is 272 g/mol. The Kier molecular flexibility index (Phi) is 5.10. The fraction of sp³-hybridized carbons (Fsp3) is 0.667. The quantitative estimate of drug-likeness (QED) is 0.883. The minimum Gasteiger partial charge on any atom is -0.314 e. The van der Waals surface area contributed by atoms with E-state index in [9.17, 15) is 0 Å². The summed E-state index contributed by atoms with van der Waals surface area (Å²) in [5, 5.41) is 3.81. The Morgan fingerprint density at radius 2 is 1.80 bits per heavy atom. The van der Waals surface area contributed by atoms with E-state index in [2.05, 4.69) is 40.5 Å². The van der Waals surface area contributed by atoms with Crippen LogP contribution < -0.4 is 5.32 Å². The van der Waals surface area contributed by atoms with Gasteiger partial charge in [-0.05, 0) is 50.3 Å². The van der Waals surface area contributed by atoms with Gasteiger partial charge in [0.05, 0.1) is 0 Å². The minimum absolute atomic E-state index is 0.819. The second-order valence-electron chi connectivity index (χ2n) is 6.62. The number of hydrogen-bond donors (Lipinski definition) is 1. The third-order valence-corrected chi connectivity index (χ3v) is 4.90. The van der Waals surface area contributed by atoms with Crippen LogP contribution in [0, 0.1) is 5.92 Å². The average Bonchev–Trinajstić information content (AvgIpc) is 3.00. The van der Waals surface area contributed by atoms with Crippen LogP contribution in [0.5, 0.6) is 0 Å². The summed E-state index contributed by atoms with van der Waals surface area (Å²) in [6.07, 6.45) is 8.45.